The van der Waals surface area contributed by atoms with Crippen molar-refractivity contribution in [1.29, 1.82) is 0 Å². The number of benzene rings is 1. The van der Waals surface area contributed by atoms with Gasteiger partial charge in [0.05, 0.1) is 13.2 Å². The molecule has 1 unspecified atom stereocenters. The zero-order valence-corrected chi connectivity index (χ0v) is 17.8. The lowest BCUT2D eigenvalue weighted by atomic mass is 10.0. The molecule has 0 aliphatic heterocycles. The topological polar surface area (TPSA) is 45.7 Å². The molecule has 2 aliphatic rings. The largest absolute Gasteiger partial charge is 0.376 e. The summed E-state index contributed by atoms with van der Waals surface area (Å²) in [6, 6.07) is 10.3. The van der Waals surface area contributed by atoms with Gasteiger partial charge in [-0.25, -0.2) is 0 Å². The number of nitrogens with one attached hydrogen (secondary N) is 2. The van der Waals surface area contributed by atoms with Crippen LogP contribution in [0.4, 0.5) is 0 Å². The van der Waals surface area contributed by atoms with Crippen molar-refractivity contribution in [1.82, 2.24) is 10.6 Å². The number of hydrogen-bond acceptors (Lipinski definition) is 2. The molecule has 2 fully saturated rings. The van der Waals surface area contributed by atoms with E-state index in [9.17, 15) is 0 Å². The fourth-order valence-corrected chi connectivity index (χ4v) is 3.35. The van der Waals surface area contributed by atoms with Crippen molar-refractivity contribution in [3.63, 3.8) is 0 Å². The third-order valence-corrected chi connectivity index (χ3v) is 5.30. The molecule has 0 bridgehead atoms. The highest BCUT2D eigenvalue weighted by atomic mass is 127. The van der Waals surface area contributed by atoms with Gasteiger partial charge in [0, 0.05) is 20.1 Å². The van der Waals surface area contributed by atoms with E-state index in [2.05, 4.69) is 34.7 Å². The standard InChI is InChI=1S/C20H31N3O.HI/c1-16(13-24-14-17-6-4-3-5-7-17)12-22-19(21-2)23-15-20(10-11-20)18-8-9-18;/h3-7,16,18H,8-15H2,1-2H3,(H2,21,22,23);1H. The van der Waals surface area contributed by atoms with E-state index in [4.69, 9.17) is 4.74 Å². The molecule has 1 aromatic rings. The van der Waals surface area contributed by atoms with Crippen LogP contribution in [-0.4, -0.2) is 32.7 Å². The van der Waals surface area contributed by atoms with E-state index < -0.39 is 0 Å². The molecule has 0 amide bonds. The van der Waals surface area contributed by atoms with Gasteiger partial charge in [0.25, 0.3) is 0 Å². The molecule has 0 radical (unpaired) electrons. The van der Waals surface area contributed by atoms with Gasteiger partial charge in [-0.3, -0.25) is 4.99 Å². The lowest BCUT2D eigenvalue weighted by Crippen LogP contribution is -2.42. The summed E-state index contributed by atoms with van der Waals surface area (Å²) in [4.78, 5) is 4.35. The van der Waals surface area contributed by atoms with Crippen LogP contribution in [0.2, 0.25) is 0 Å². The molecule has 2 saturated carbocycles. The maximum absolute atomic E-state index is 5.81. The number of halogens is 1. The number of hydrogen-bond donors (Lipinski definition) is 2. The van der Waals surface area contributed by atoms with Gasteiger partial charge in [-0.05, 0) is 48.5 Å². The second-order valence-electron chi connectivity index (χ2n) is 7.55. The van der Waals surface area contributed by atoms with Gasteiger partial charge in [-0.1, -0.05) is 37.3 Å². The SMILES string of the molecule is CN=C(NCC(C)COCc1ccccc1)NCC1(C2CC2)CC1.I. The normalized spacial score (nSPS) is 19.7. The first-order chi connectivity index (χ1) is 11.7. The van der Waals surface area contributed by atoms with E-state index in [1.165, 1.54) is 31.2 Å². The summed E-state index contributed by atoms with van der Waals surface area (Å²) < 4.78 is 5.81. The second kappa shape index (κ2) is 9.76. The van der Waals surface area contributed by atoms with Crippen LogP contribution in [-0.2, 0) is 11.3 Å². The van der Waals surface area contributed by atoms with E-state index in [1.54, 1.807) is 0 Å². The minimum Gasteiger partial charge on any atom is -0.376 e. The van der Waals surface area contributed by atoms with E-state index in [0.29, 0.717) is 17.9 Å². The Morgan fingerprint density at radius 1 is 1.24 bits per heavy atom. The van der Waals surface area contributed by atoms with Gasteiger partial charge in [0.15, 0.2) is 5.96 Å². The fourth-order valence-electron chi connectivity index (χ4n) is 3.35. The van der Waals surface area contributed by atoms with Gasteiger partial charge in [0.1, 0.15) is 0 Å². The molecule has 2 N–H and O–H groups in total. The molecule has 5 heteroatoms. The van der Waals surface area contributed by atoms with Crippen LogP contribution >= 0.6 is 24.0 Å². The molecule has 0 heterocycles. The number of aliphatic imine (C=N–C) groups is 1. The maximum Gasteiger partial charge on any atom is 0.191 e. The molecule has 4 nitrogen and oxygen atoms in total. The molecule has 1 aromatic carbocycles. The first kappa shape index (κ1) is 20.5. The Balaban J connectivity index is 0.00000225. The summed E-state index contributed by atoms with van der Waals surface area (Å²) in [6.45, 7) is 5.60. The maximum atomic E-state index is 5.81. The molecule has 25 heavy (non-hydrogen) atoms. The van der Waals surface area contributed by atoms with Crippen LogP contribution in [0.3, 0.4) is 0 Å². The average Bonchev–Trinajstić information content (AvgIpc) is 3.48. The molecular formula is C20H32IN3O. The Morgan fingerprint density at radius 3 is 2.56 bits per heavy atom. The summed E-state index contributed by atoms with van der Waals surface area (Å²) in [5.41, 5.74) is 1.83. The predicted molar refractivity (Wildman–Crippen MR) is 114 cm³/mol. The van der Waals surface area contributed by atoms with Crippen molar-refractivity contribution in [3.05, 3.63) is 35.9 Å². The summed E-state index contributed by atoms with van der Waals surface area (Å²) >= 11 is 0. The minimum absolute atomic E-state index is 0. The fraction of sp³-hybridized carbons (Fsp3) is 0.650. The van der Waals surface area contributed by atoms with E-state index in [0.717, 1.165) is 31.6 Å². The zero-order valence-electron chi connectivity index (χ0n) is 15.5. The molecule has 0 spiro atoms. The lowest BCUT2D eigenvalue weighted by Gasteiger charge is -2.19. The number of ether oxygens (including phenoxy) is 1. The second-order valence-corrected chi connectivity index (χ2v) is 7.55. The third kappa shape index (κ3) is 6.44. The van der Waals surface area contributed by atoms with Gasteiger partial charge < -0.3 is 15.4 Å². The van der Waals surface area contributed by atoms with Crippen molar-refractivity contribution in [2.45, 2.75) is 39.2 Å². The van der Waals surface area contributed by atoms with Crippen molar-refractivity contribution in [3.8, 4) is 0 Å². The predicted octanol–water partition coefficient (Wildman–Crippen LogP) is 3.81. The molecule has 0 aromatic heterocycles. The van der Waals surface area contributed by atoms with Gasteiger partial charge in [-0.2, -0.15) is 0 Å². The smallest absolute Gasteiger partial charge is 0.191 e. The van der Waals surface area contributed by atoms with Crippen molar-refractivity contribution < 1.29 is 4.74 Å². The molecular weight excluding hydrogens is 425 g/mol. The summed E-state index contributed by atoms with van der Waals surface area (Å²) in [7, 11) is 1.85. The van der Waals surface area contributed by atoms with Crippen molar-refractivity contribution >= 4 is 29.9 Å². The van der Waals surface area contributed by atoms with E-state index >= 15 is 0 Å². The monoisotopic (exact) mass is 457 g/mol. The quantitative estimate of drug-likeness (QED) is 0.337. The third-order valence-electron chi connectivity index (χ3n) is 5.30. The van der Waals surface area contributed by atoms with Gasteiger partial charge >= 0.3 is 0 Å². The first-order valence-corrected chi connectivity index (χ1v) is 9.28. The van der Waals surface area contributed by atoms with Gasteiger partial charge in [-0.15, -0.1) is 24.0 Å². The first-order valence-electron chi connectivity index (χ1n) is 9.28. The van der Waals surface area contributed by atoms with E-state index in [-0.39, 0.29) is 24.0 Å². The number of guanidine groups is 1. The van der Waals surface area contributed by atoms with Crippen LogP contribution < -0.4 is 10.6 Å². The van der Waals surface area contributed by atoms with Crippen molar-refractivity contribution in [2.24, 2.45) is 22.2 Å². The lowest BCUT2D eigenvalue weighted by molar-refractivity contribution is 0.0931. The van der Waals surface area contributed by atoms with Crippen LogP contribution in [0.5, 0.6) is 0 Å². The highest BCUT2D eigenvalue weighted by Gasteiger charge is 2.53. The molecule has 1 atom stereocenters. The summed E-state index contributed by atoms with van der Waals surface area (Å²) in [5, 5.41) is 6.97. The Kier molecular flexibility index (Phi) is 8.00. The van der Waals surface area contributed by atoms with Crippen LogP contribution in [0.1, 0.15) is 38.2 Å². The Labute approximate surface area is 169 Å². The Bertz CT molecular complexity index is 541. The van der Waals surface area contributed by atoms with Crippen LogP contribution in [0.15, 0.2) is 35.3 Å². The molecule has 3 rings (SSSR count). The minimum atomic E-state index is 0. The average molecular weight is 457 g/mol. The highest BCUT2D eigenvalue weighted by molar-refractivity contribution is 14.0. The molecule has 2 aliphatic carbocycles. The Hall–Kier alpha value is -0.820. The van der Waals surface area contributed by atoms with Crippen LogP contribution in [0, 0.1) is 17.3 Å². The van der Waals surface area contributed by atoms with Gasteiger partial charge in [0.2, 0.25) is 0 Å². The van der Waals surface area contributed by atoms with Crippen molar-refractivity contribution in [2.75, 3.05) is 26.7 Å². The number of rotatable bonds is 9. The summed E-state index contributed by atoms with van der Waals surface area (Å²) in [6.07, 6.45) is 5.66. The molecule has 0 saturated heterocycles. The summed E-state index contributed by atoms with van der Waals surface area (Å²) in [5.74, 6) is 2.36. The highest BCUT2D eigenvalue weighted by Crippen LogP contribution is 2.60. The molecule has 140 valence electrons. The van der Waals surface area contributed by atoms with Crippen LogP contribution in [0.25, 0.3) is 0 Å². The van der Waals surface area contributed by atoms with E-state index in [1.807, 2.05) is 25.2 Å². The Morgan fingerprint density at radius 2 is 1.96 bits per heavy atom. The zero-order chi connectivity index (χ0) is 16.8. The number of nitrogens with zero attached hydrogens (tertiary/aromatic N) is 1.